The van der Waals surface area contributed by atoms with Gasteiger partial charge in [-0.1, -0.05) is 20.8 Å². The molecule has 5 heteroatoms. The molecule has 2 fully saturated rings. The lowest BCUT2D eigenvalue weighted by Crippen LogP contribution is -2.39. The lowest BCUT2D eigenvalue weighted by Gasteiger charge is -2.39. The first-order valence-corrected chi connectivity index (χ1v) is 8.43. The molecule has 2 aliphatic rings. The van der Waals surface area contributed by atoms with E-state index in [1.807, 2.05) is 4.90 Å². The van der Waals surface area contributed by atoms with E-state index in [2.05, 4.69) is 20.8 Å². The first-order valence-electron chi connectivity index (χ1n) is 8.43. The van der Waals surface area contributed by atoms with Crippen molar-refractivity contribution in [2.45, 2.75) is 46.1 Å². The summed E-state index contributed by atoms with van der Waals surface area (Å²) in [6.07, 6.45) is 3.15. The van der Waals surface area contributed by atoms with E-state index in [1.54, 1.807) is 0 Å². The highest BCUT2D eigenvalue weighted by Gasteiger charge is 2.50. The van der Waals surface area contributed by atoms with Crippen molar-refractivity contribution in [1.82, 2.24) is 4.90 Å². The maximum absolute atomic E-state index is 12.5. The van der Waals surface area contributed by atoms with E-state index in [9.17, 15) is 14.7 Å². The normalized spacial score (nSPS) is 27.8. The zero-order valence-corrected chi connectivity index (χ0v) is 14.5. The quantitative estimate of drug-likeness (QED) is 0.865. The summed E-state index contributed by atoms with van der Waals surface area (Å²) >= 11 is 0. The van der Waals surface area contributed by atoms with Gasteiger partial charge in [0.15, 0.2) is 6.61 Å². The fourth-order valence-corrected chi connectivity index (χ4v) is 4.64. The number of fused-ring (bicyclic) bond motifs is 2. The average molecular weight is 331 g/mol. The number of aromatic hydroxyl groups is 1. The lowest BCUT2D eigenvalue weighted by atomic mass is 9.65. The van der Waals surface area contributed by atoms with Gasteiger partial charge in [-0.05, 0) is 54.4 Å². The van der Waals surface area contributed by atoms with Gasteiger partial charge in [0.1, 0.15) is 5.75 Å². The van der Waals surface area contributed by atoms with Crippen LogP contribution in [-0.4, -0.2) is 41.1 Å². The van der Waals surface area contributed by atoms with Crippen LogP contribution in [0.2, 0.25) is 0 Å². The predicted molar refractivity (Wildman–Crippen MR) is 89.6 cm³/mol. The Morgan fingerprint density at radius 1 is 1.21 bits per heavy atom. The van der Waals surface area contributed by atoms with E-state index in [4.69, 9.17) is 4.74 Å². The van der Waals surface area contributed by atoms with Crippen LogP contribution in [0, 0.1) is 10.8 Å². The number of esters is 1. The van der Waals surface area contributed by atoms with Gasteiger partial charge in [-0.2, -0.15) is 0 Å². The Labute approximate surface area is 142 Å². The molecule has 24 heavy (non-hydrogen) atoms. The number of hydrogen-bond acceptors (Lipinski definition) is 4. The van der Waals surface area contributed by atoms with Gasteiger partial charge in [-0.25, -0.2) is 4.79 Å². The number of benzene rings is 1. The summed E-state index contributed by atoms with van der Waals surface area (Å²) in [7, 11) is 0. The lowest BCUT2D eigenvalue weighted by molar-refractivity contribution is -0.135. The predicted octanol–water partition coefficient (Wildman–Crippen LogP) is 2.98. The summed E-state index contributed by atoms with van der Waals surface area (Å²) in [6.45, 7) is 7.28. The highest BCUT2D eigenvalue weighted by molar-refractivity contribution is 5.91. The SMILES string of the molecule is CC1(C)CC2CC(C)(CN2C(=O)COC(=O)c2ccc(O)cc2)C1. The smallest absolute Gasteiger partial charge is 0.338 e. The fraction of sp³-hybridized carbons (Fsp3) is 0.579. The molecule has 1 aromatic rings. The Hall–Kier alpha value is -2.04. The number of amides is 1. The van der Waals surface area contributed by atoms with Gasteiger partial charge in [-0.15, -0.1) is 0 Å². The second kappa shape index (κ2) is 5.80. The Morgan fingerprint density at radius 3 is 2.54 bits per heavy atom. The minimum Gasteiger partial charge on any atom is -0.508 e. The number of likely N-dealkylation sites (tertiary alicyclic amines) is 1. The zero-order chi connectivity index (χ0) is 17.5. The van der Waals surface area contributed by atoms with E-state index >= 15 is 0 Å². The monoisotopic (exact) mass is 331 g/mol. The molecule has 1 amide bonds. The molecule has 0 spiro atoms. The highest BCUT2D eigenvalue weighted by Crippen LogP contribution is 2.52. The molecule has 5 nitrogen and oxygen atoms in total. The average Bonchev–Trinajstić information content (AvgIpc) is 2.74. The van der Waals surface area contributed by atoms with Crippen LogP contribution in [0.4, 0.5) is 0 Å². The molecule has 1 aliphatic heterocycles. The second-order valence-electron chi connectivity index (χ2n) is 8.36. The van der Waals surface area contributed by atoms with Crippen molar-refractivity contribution in [3.63, 3.8) is 0 Å². The number of rotatable bonds is 3. The van der Waals surface area contributed by atoms with E-state index in [0.29, 0.717) is 5.56 Å². The fourth-order valence-electron chi connectivity index (χ4n) is 4.64. The van der Waals surface area contributed by atoms with Gasteiger partial charge in [0.25, 0.3) is 5.91 Å². The third kappa shape index (κ3) is 3.40. The number of ether oxygens (including phenoxy) is 1. The molecule has 0 radical (unpaired) electrons. The minimum absolute atomic E-state index is 0.0860. The number of carbonyl (C=O) groups is 2. The van der Waals surface area contributed by atoms with Crippen LogP contribution in [0.15, 0.2) is 24.3 Å². The van der Waals surface area contributed by atoms with E-state index in [-0.39, 0.29) is 35.1 Å². The second-order valence-corrected chi connectivity index (χ2v) is 8.36. The van der Waals surface area contributed by atoms with Crippen molar-refractivity contribution >= 4 is 11.9 Å². The Morgan fingerprint density at radius 2 is 1.88 bits per heavy atom. The Kier molecular flexibility index (Phi) is 4.06. The van der Waals surface area contributed by atoms with Crippen LogP contribution in [-0.2, 0) is 9.53 Å². The summed E-state index contributed by atoms with van der Waals surface area (Å²) in [6, 6.07) is 6.05. The zero-order valence-electron chi connectivity index (χ0n) is 14.5. The number of nitrogens with zero attached hydrogens (tertiary/aromatic N) is 1. The molecule has 1 aliphatic carbocycles. The summed E-state index contributed by atoms with van der Waals surface area (Å²) in [4.78, 5) is 26.4. The third-order valence-corrected chi connectivity index (χ3v) is 5.16. The van der Waals surface area contributed by atoms with Crippen molar-refractivity contribution in [1.29, 1.82) is 0 Å². The molecule has 2 atom stereocenters. The molecular weight excluding hydrogens is 306 g/mol. The van der Waals surface area contributed by atoms with Gasteiger partial charge in [0.2, 0.25) is 0 Å². The number of phenolic OH excluding ortho intramolecular Hbond substituents is 1. The summed E-state index contributed by atoms with van der Waals surface area (Å²) in [5, 5.41) is 9.24. The van der Waals surface area contributed by atoms with Crippen molar-refractivity contribution in [3.05, 3.63) is 29.8 Å². The standard InChI is InChI=1S/C19H25NO4/c1-18(2)8-14-9-19(3,11-18)12-20(14)16(22)10-24-17(23)13-4-6-15(21)7-5-13/h4-7,14,21H,8-12H2,1-3H3. The van der Waals surface area contributed by atoms with Crippen LogP contribution in [0.3, 0.4) is 0 Å². The summed E-state index contributed by atoms with van der Waals surface area (Å²) in [5.41, 5.74) is 0.743. The molecule has 0 aromatic heterocycles. The van der Waals surface area contributed by atoms with E-state index in [0.717, 1.165) is 25.8 Å². The summed E-state index contributed by atoms with van der Waals surface area (Å²) < 4.78 is 5.16. The van der Waals surface area contributed by atoms with Gasteiger partial charge in [0, 0.05) is 12.6 Å². The summed E-state index contributed by atoms with van der Waals surface area (Å²) in [5.74, 6) is -0.576. The van der Waals surface area contributed by atoms with Gasteiger partial charge < -0.3 is 14.7 Å². The van der Waals surface area contributed by atoms with Gasteiger partial charge in [-0.3, -0.25) is 4.79 Å². The van der Waals surface area contributed by atoms with Crippen molar-refractivity contribution in [2.24, 2.45) is 10.8 Å². The molecule has 1 heterocycles. The molecule has 1 N–H and O–H groups in total. The first kappa shape index (κ1) is 16.8. The van der Waals surface area contributed by atoms with E-state index in [1.165, 1.54) is 24.3 Å². The maximum atomic E-state index is 12.5. The first-order chi connectivity index (χ1) is 11.2. The molecule has 3 rings (SSSR count). The van der Waals surface area contributed by atoms with Crippen LogP contribution < -0.4 is 0 Å². The molecule has 1 saturated carbocycles. The van der Waals surface area contributed by atoms with Crippen molar-refractivity contribution in [2.75, 3.05) is 13.2 Å². The van der Waals surface area contributed by atoms with E-state index < -0.39 is 5.97 Å². The van der Waals surface area contributed by atoms with Crippen molar-refractivity contribution in [3.8, 4) is 5.75 Å². The van der Waals surface area contributed by atoms with Crippen LogP contribution >= 0.6 is 0 Å². The topological polar surface area (TPSA) is 66.8 Å². The van der Waals surface area contributed by atoms with Gasteiger partial charge >= 0.3 is 5.97 Å². The van der Waals surface area contributed by atoms with Crippen LogP contribution in [0.25, 0.3) is 0 Å². The van der Waals surface area contributed by atoms with Crippen molar-refractivity contribution < 1.29 is 19.4 Å². The number of phenols is 1. The molecule has 1 aromatic carbocycles. The number of carbonyl (C=O) groups excluding carboxylic acids is 2. The largest absolute Gasteiger partial charge is 0.508 e. The molecule has 2 bridgehead atoms. The molecule has 2 unspecified atom stereocenters. The Bertz CT molecular complexity index is 652. The minimum atomic E-state index is -0.544. The van der Waals surface area contributed by atoms with Crippen LogP contribution in [0.1, 0.15) is 50.4 Å². The molecule has 1 saturated heterocycles. The highest BCUT2D eigenvalue weighted by atomic mass is 16.5. The maximum Gasteiger partial charge on any atom is 0.338 e. The molecule has 130 valence electrons. The number of hydrogen-bond donors (Lipinski definition) is 1. The molecular formula is C19H25NO4. The van der Waals surface area contributed by atoms with Gasteiger partial charge in [0.05, 0.1) is 5.56 Å². The van der Waals surface area contributed by atoms with Crippen LogP contribution in [0.5, 0.6) is 5.75 Å². The third-order valence-electron chi connectivity index (χ3n) is 5.16. The Balaban J connectivity index is 1.60.